The van der Waals surface area contributed by atoms with Crippen LogP contribution >= 0.6 is 11.6 Å². The largest absolute Gasteiger partial charge is 0.294 e. The van der Waals surface area contributed by atoms with E-state index >= 15 is 0 Å². The number of amides is 1. The molecule has 2 aromatic carbocycles. The van der Waals surface area contributed by atoms with Gasteiger partial charge in [-0.3, -0.25) is 14.6 Å². The summed E-state index contributed by atoms with van der Waals surface area (Å²) in [6.07, 6.45) is 3.33. The van der Waals surface area contributed by atoms with Crippen LogP contribution < -0.4 is 11.0 Å². The first-order valence-corrected chi connectivity index (χ1v) is 8.96. The van der Waals surface area contributed by atoms with Crippen molar-refractivity contribution >= 4 is 28.3 Å². The van der Waals surface area contributed by atoms with E-state index in [2.05, 4.69) is 15.5 Å². The molecule has 4 rings (SSSR count). The Morgan fingerprint density at radius 1 is 1.00 bits per heavy atom. The van der Waals surface area contributed by atoms with Gasteiger partial charge in [-0.2, -0.15) is 0 Å². The molecule has 0 aliphatic carbocycles. The van der Waals surface area contributed by atoms with Gasteiger partial charge in [0.1, 0.15) is 5.69 Å². The predicted molar refractivity (Wildman–Crippen MR) is 109 cm³/mol. The molecule has 0 fully saturated rings. The van der Waals surface area contributed by atoms with Crippen LogP contribution in [0.15, 0.2) is 77.9 Å². The SMILES string of the molecule is O=C(Cc1cccnc1)Nn1nc(-c2ccc(Cl)cc2)c2ccccc2c1=O. The first kappa shape index (κ1) is 17.9. The number of fused-ring (bicyclic) bond motifs is 1. The number of carbonyl (C=O) groups is 1. The Morgan fingerprint density at radius 2 is 1.75 bits per heavy atom. The van der Waals surface area contributed by atoms with Crippen LogP contribution in [0.25, 0.3) is 22.0 Å². The van der Waals surface area contributed by atoms with E-state index in [9.17, 15) is 9.59 Å². The number of rotatable bonds is 4. The van der Waals surface area contributed by atoms with E-state index in [-0.39, 0.29) is 12.3 Å². The van der Waals surface area contributed by atoms with Gasteiger partial charge in [-0.25, -0.2) is 5.43 Å². The number of nitrogens with one attached hydrogen (secondary N) is 1. The summed E-state index contributed by atoms with van der Waals surface area (Å²) < 4.78 is 0. The van der Waals surface area contributed by atoms with Crippen LogP contribution in [-0.4, -0.2) is 20.8 Å². The average molecular weight is 391 g/mol. The van der Waals surface area contributed by atoms with Crippen molar-refractivity contribution in [3.8, 4) is 11.3 Å². The summed E-state index contributed by atoms with van der Waals surface area (Å²) in [5.74, 6) is -0.361. The summed E-state index contributed by atoms with van der Waals surface area (Å²) in [5, 5.41) is 6.16. The van der Waals surface area contributed by atoms with Crippen molar-refractivity contribution in [1.29, 1.82) is 0 Å². The average Bonchev–Trinajstić information content (AvgIpc) is 2.72. The molecular weight excluding hydrogens is 376 g/mol. The maximum Gasteiger partial charge on any atom is 0.294 e. The predicted octanol–water partition coefficient (Wildman–Crippen LogP) is 3.42. The molecule has 138 valence electrons. The van der Waals surface area contributed by atoms with Gasteiger partial charge in [0.15, 0.2) is 0 Å². The normalized spacial score (nSPS) is 10.8. The van der Waals surface area contributed by atoms with E-state index in [0.29, 0.717) is 21.5 Å². The van der Waals surface area contributed by atoms with E-state index in [1.807, 2.05) is 24.3 Å². The molecule has 0 saturated heterocycles. The van der Waals surface area contributed by atoms with Gasteiger partial charge in [0, 0.05) is 28.4 Å². The third-order valence-electron chi connectivity index (χ3n) is 4.24. The van der Waals surface area contributed by atoms with E-state index < -0.39 is 5.56 Å². The smallest absolute Gasteiger partial charge is 0.273 e. The lowest BCUT2D eigenvalue weighted by atomic mass is 10.1. The molecule has 7 heteroatoms. The lowest BCUT2D eigenvalue weighted by molar-refractivity contribution is -0.116. The summed E-state index contributed by atoms with van der Waals surface area (Å²) in [6.45, 7) is 0. The van der Waals surface area contributed by atoms with Crippen molar-refractivity contribution in [2.24, 2.45) is 0 Å². The maximum atomic E-state index is 12.8. The number of carbonyl (C=O) groups excluding carboxylic acids is 1. The second kappa shape index (κ2) is 7.62. The molecule has 0 aliphatic rings. The molecule has 2 heterocycles. The summed E-state index contributed by atoms with van der Waals surface area (Å²) in [5.41, 5.74) is 4.28. The van der Waals surface area contributed by atoms with Crippen molar-refractivity contribution in [2.75, 3.05) is 5.43 Å². The van der Waals surface area contributed by atoms with Crippen molar-refractivity contribution in [3.63, 3.8) is 0 Å². The Labute approximate surface area is 165 Å². The quantitative estimate of drug-likeness (QED) is 0.579. The molecule has 4 aromatic rings. The summed E-state index contributed by atoms with van der Waals surface area (Å²) in [6, 6.07) is 17.9. The van der Waals surface area contributed by atoms with Gasteiger partial charge >= 0.3 is 0 Å². The number of aromatic nitrogens is 3. The fraction of sp³-hybridized carbons (Fsp3) is 0.0476. The second-order valence-corrected chi connectivity index (χ2v) is 6.63. The summed E-state index contributed by atoms with van der Waals surface area (Å²) in [7, 11) is 0. The van der Waals surface area contributed by atoms with E-state index in [1.54, 1.807) is 48.8 Å². The molecule has 1 N–H and O–H groups in total. The molecule has 0 bridgehead atoms. The zero-order chi connectivity index (χ0) is 19.5. The van der Waals surface area contributed by atoms with Crippen LogP contribution in [0.3, 0.4) is 0 Å². The zero-order valence-electron chi connectivity index (χ0n) is 14.7. The van der Waals surface area contributed by atoms with Crippen LogP contribution in [0.2, 0.25) is 5.02 Å². The topological polar surface area (TPSA) is 76.9 Å². The third-order valence-corrected chi connectivity index (χ3v) is 4.49. The Hall–Kier alpha value is -3.51. The number of hydrogen-bond donors (Lipinski definition) is 1. The Bertz CT molecular complexity index is 1200. The van der Waals surface area contributed by atoms with Crippen LogP contribution in [0.4, 0.5) is 0 Å². The number of benzene rings is 2. The number of hydrogen-bond acceptors (Lipinski definition) is 4. The molecular formula is C21H15ClN4O2. The third kappa shape index (κ3) is 3.63. The van der Waals surface area contributed by atoms with Crippen molar-refractivity contribution in [2.45, 2.75) is 6.42 Å². The van der Waals surface area contributed by atoms with Crippen LogP contribution in [-0.2, 0) is 11.2 Å². The van der Waals surface area contributed by atoms with Gasteiger partial charge in [-0.1, -0.05) is 48.0 Å². The van der Waals surface area contributed by atoms with Crippen molar-refractivity contribution in [3.05, 3.63) is 94.0 Å². The van der Waals surface area contributed by atoms with Crippen LogP contribution in [0.1, 0.15) is 5.56 Å². The minimum absolute atomic E-state index is 0.0884. The number of halogens is 1. The Balaban J connectivity index is 1.76. The lowest BCUT2D eigenvalue weighted by Gasteiger charge is -2.12. The van der Waals surface area contributed by atoms with Gasteiger partial charge in [0.05, 0.1) is 11.8 Å². The highest BCUT2D eigenvalue weighted by Crippen LogP contribution is 2.25. The number of pyridine rings is 1. The first-order valence-electron chi connectivity index (χ1n) is 8.58. The number of nitrogens with zero attached hydrogens (tertiary/aromatic N) is 3. The fourth-order valence-electron chi connectivity index (χ4n) is 2.93. The van der Waals surface area contributed by atoms with Crippen molar-refractivity contribution in [1.82, 2.24) is 14.9 Å². The highest BCUT2D eigenvalue weighted by molar-refractivity contribution is 6.30. The minimum Gasteiger partial charge on any atom is -0.273 e. The van der Waals surface area contributed by atoms with Crippen LogP contribution in [0.5, 0.6) is 0 Å². The molecule has 0 spiro atoms. The minimum atomic E-state index is -0.396. The summed E-state index contributed by atoms with van der Waals surface area (Å²) in [4.78, 5) is 30.2. The Morgan fingerprint density at radius 3 is 2.46 bits per heavy atom. The maximum absolute atomic E-state index is 12.8. The van der Waals surface area contributed by atoms with Crippen LogP contribution in [0, 0.1) is 0 Å². The molecule has 2 aromatic heterocycles. The van der Waals surface area contributed by atoms with Gasteiger partial charge in [-0.15, -0.1) is 9.89 Å². The molecule has 0 radical (unpaired) electrons. The second-order valence-electron chi connectivity index (χ2n) is 6.19. The van der Waals surface area contributed by atoms with Gasteiger partial charge in [0.2, 0.25) is 5.91 Å². The highest BCUT2D eigenvalue weighted by Gasteiger charge is 2.14. The Kier molecular flexibility index (Phi) is 4.87. The lowest BCUT2D eigenvalue weighted by Crippen LogP contribution is -2.36. The zero-order valence-corrected chi connectivity index (χ0v) is 15.4. The first-order chi connectivity index (χ1) is 13.6. The molecule has 1 amide bonds. The summed E-state index contributed by atoms with van der Waals surface area (Å²) >= 11 is 5.98. The molecule has 6 nitrogen and oxygen atoms in total. The van der Waals surface area contributed by atoms with E-state index in [4.69, 9.17) is 11.6 Å². The fourth-order valence-corrected chi connectivity index (χ4v) is 3.06. The molecule has 0 saturated carbocycles. The van der Waals surface area contributed by atoms with E-state index in [0.717, 1.165) is 15.9 Å². The van der Waals surface area contributed by atoms with Gasteiger partial charge in [-0.05, 0) is 29.8 Å². The monoisotopic (exact) mass is 390 g/mol. The molecule has 0 unspecified atom stereocenters. The van der Waals surface area contributed by atoms with Crippen molar-refractivity contribution < 1.29 is 4.79 Å². The molecule has 28 heavy (non-hydrogen) atoms. The van der Waals surface area contributed by atoms with Gasteiger partial charge in [0.25, 0.3) is 5.56 Å². The standard InChI is InChI=1S/C21H15ClN4O2/c22-16-9-7-15(8-10-16)20-17-5-1-2-6-18(17)21(28)26(25-20)24-19(27)12-14-4-3-11-23-13-14/h1-11,13H,12H2,(H,24,27). The highest BCUT2D eigenvalue weighted by atomic mass is 35.5. The van der Waals surface area contributed by atoms with E-state index in [1.165, 1.54) is 0 Å². The molecule has 0 atom stereocenters. The van der Waals surface area contributed by atoms with Gasteiger partial charge < -0.3 is 0 Å². The molecule has 0 aliphatic heterocycles.